The summed E-state index contributed by atoms with van der Waals surface area (Å²) in [4.78, 5) is 16.5. The average molecular weight is 433 g/mol. The van der Waals surface area contributed by atoms with E-state index in [-0.39, 0.29) is 5.75 Å². The van der Waals surface area contributed by atoms with Gasteiger partial charge in [0.2, 0.25) is 0 Å². The minimum absolute atomic E-state index is 0.170. The highest BCUT2D eigenvalue weighted by atomic mass is 16.5. The molecule has 0 bridgehead atoms. The lowest BCUT2D eigenvalue weighted by Gasteiger charge is -2.28. The molecule has 4 aromatic rings. The molecule has 1 fully saturated rings. The van der Waals surface area contributed by atoms with Crippen molar-refractivity contribution in [1.82, 2.24) is 29.9 Å². The monoisotopic (exact) mass is 433 g/mol. The van der Waals surface area contributed by atoms with Gasteiger partial charge >= 0.3 is 0 Å². The number of aromatic hydroxyl groups is 1. The number of pyridine rings is 1. The van der Waals surface area contributed by atoms with E-state index in [2.05, 4.69) is 15.2 Å². The fraction of sp³-hybridized carbons (Fsp3) is 0.318. The predicted molar refractivity (Wildman–Crippen MR) is 117 cm³/mol. The summed E-state index contributed by atoms with van der Waals surface area (Å²) >= 11 is 0. The van der Waals surface area contributed by atoms with E-state index >= 15 is 0 Å². The van der Waals surface area contributed by atoms with Gasteiger partial charge in [0.15, 0.2) is 11.6 Å². The second-order valence-electron chi connectivity index (χ2n) is 7.57. The molecule has 10 heteroatoms. The van der Waals surface area contributed by atoms with Crippen LogP contribution in [0.25, 0.3) is 22.4 Å². The van der Waals surface area contributed by atoms with Crippen LogP contribution in [0.4, 0.5) is 5.82 Å². The molecule has 32 heavy (non-hydrogen) atoms. The number of morpholine rings is 1. The Hall–Kier alpha value is -3.63. The van der Waals surface area contributed by atoms with Crippen LogP contribution < -0.4 is 4.90 Å². The topological polar surface area (TPSA) is 111 Å². The van der Waals surface area contributed by atoms with Gasteiger partial charge in [0.05, 0.1) is 38.1 Å². The first kappa shape index (κ1) is 20.3. The molecule has 0 aliphatic carbocycles. The van der Waals surface area contributed by atoms with Crippen molar-refractivity contribution in [2.24, 2.45) is 0 Å². The highest BCUT2D eigenvalue weighted by Gasteiger charge is 2.19. The molecule has 0 amide bonds. The van der Waals surface area contributed by atoms with Gasteiger partial charge in [-0.05, 0) is 23.8 Å². The first-order valence-corrected chi connectivity index (χ1v) is 10.4. The van der Waals surface area contributed by atoms with Crippen molar-refractivity contribution in [3.8, 4) is 17.1 Å². The molecule has 1 N–H and O–H groups in total. The summed E-state index contributed by atoms with van der Waals surface area (Å²) in [5, 5.41) is 18.2. The van der Waals surface area contributed by atoms with E-state index in [1.165, 1.54) is 0 Å². The number of rotatable bonds is 6. The molecule has 0 atom stereocenters. The van der Waals surface area contributed by atoms with E-state index in [0.717, 1.165) is 46.8 Å². The zero-order valence-electron chi connectivity index (χ0n) is 17.7. The van der Waals surface area contributed by atoms with E-state index < -0.39 is 0 Å². The Bertz CT molecular complexity index is 1240. The second-order valence-corrected chi connectivity index (χ2v) is 7.57. The number of anilines is 1. The van der Waals surface area contributed by atoms with Gasteiger partial charge in [-0.1, -0.05) is 17.3 Å². The smallest absolute Gasteiger partial charge is 0.162 e. The average Bonchev–Trinajstić information content (AvgIpc) is 3.26. The molecule has 10 nitrogen and oxygen atoms in total. The van der Waals surface area contributed by atoms with Crippen molar-refractivity contribution in [2.75, 3.05) is 38.3 Å². The predicted octanol–water partition coefficient (Wildman–Crippen LogP) is 2.02. The zero-order valence-corrected chi connectivity index (χ0v) is 17.7. The molecular weight excluding hydrogens is 410 g/mol. The summed E-state index contributed by atoms with van der Waals surface area (Å²) in [6.45, 7) is 3.67. The van der Waals surface area contributed by atoms with Crippen molar-refractivity contribution in [2.45, 2.75) is 13.2 Å². The molecule has 3 aromatic heterocycles. The minimum atomic E-state index is 0.170. The van der Waals surface area contributed by atoms with Gasteiger partial charge in [-0.3, -0.25) is 4.98 Å². The standard InChI is InChI=1S/C22H23N7O3/c1-31-14-17-13-29(27-26-17)12-15-9-19-20(23-11-15)22(28-5-7-32-8-6-28)25-21(24-19)16-3-2-4-18(30)10-16/h2-4,9-11,13,30H,5-8,12,14H2,1H3. The molecule has 1 aromatic carbocycles. The third-order valence-corrected chi connectivity index (χ3v) is 5.21. The lowest BCUT2D eigenvalue weighted by atomic mass is 10.2. The molecule has 0 radical (unpaired) electrons. The van der Waals surface area contributed by atoms with Crippen LogP contribution in [0.2, 0.25) is 0 Å². The lowest BCUT2D eigenvalue weighted by molar-refractivity contribution is 0.122. The lowest BCUT2D eigenvalue weighted by Crippen LogP contribution is -2.37. The Morgan fingerprint density at radius 2 is 2.03 bits per heavy atom. The summed E-state index contributed by atoms with van der Waals surface area (Å²) in [7, 11) is 1.63. The van der Waals surface area contributed by atoms with Crippen LogP contribution in [-0.2, 0) is 22.6 Å². The number of ether oxygens (including phenoxy) is 2. The van der Waals surface area contributed by atoms with Crippen LogP contribution in [0.5, 0.6) is 5.75 Å². The number of benzene rings is 1. The summed E-state index contributed by atoms with van der Waals surface area (Å²) in [5.41, 5.74) is 3.92. The SMILES string of the molecule is COCc1cn(Cc2cnc3c(N4CCOCC4)nc(-c4cccc(O)c4)nc3c2)nn1. The van der Waals surface area contributed by atoms with Gasteiger partial charge in [0.25, 0.3) is 0 Å². The fourth-order valence-electron chi connectivity index (χ4n) is 3.72. The number of hydrogen-bond donors (Lipinski definition) is 1. The molecule has 1 aliphatic heterocycles. The largest absolute Gasteiger partial charge is 0.508 e. The number of fused-ring (bicyclic) bond motifs is 1. The number of hydrogen-bond acceptors (Lipinski definition) is 9. The summed E-state index contributed by atoms with van der Waals surface area (Å²) in [5.74, 6) is 1.48. The second kappa shape index (κ2) is 8.85. The highest BCUT2D eigenvalue weighted by molar-refractivity contribution is 5.88. The normalized spacial score (nSPS) is 14.2. The van der Waals surface area contributed by atoms with E-state index in [4.69, 9.17) is 24.4 Å². The zero-order chi connectivity index (χ0) is 21.9. The van der Waals surface area contributed by atoms with Gasteiger partial charge in [-0.15, -0.1) is 5.10 Å². The summed E-state index contributed by atoms with van der Waals surface area (Å²) in [6.07, 6.45) is 3.67. The first-order chi connectivity index (χ1) is 15.7. The number of phenolic OH excluding ortho intramolecular Hbond substituents is 1. The Morgan fingerprint density at radius 3 is 2.84 bits per heavy atom. The van der Waals surface area contributed by atoms with Gasteiger partial charge in [-0.2, -0.15) is 0 Å². The maximum absolute atomic E-state index is 9.93. The van der Waals surface area contributed by atoms with Gasteiger partial charge < -0.3 is 19.5 Å². The maximum Gasteiger partial charge on any atom is 0.162 e. The van der Waals surface area contributed by atoms with Gasteiger partial charge in [0, 0.05) is 32.0 Å². The highest BCUT2D eigenvalue weighted by Crippen LogP contribution is 2.28. The molecule has 1 aliphatic rings. The van der Waals surface area contributed by atoms with E-state index in [1.54, 1.807) is 30.0 Å². The summed E-state index contributed by atoms with van der Waals surface area (Å²) in [6, 6.07) is 8.95. The fourth-order valence-corrected chi connectivity index (χ4v) is 3.72. The van der Waals surface area contributed by atoms with Crippen molar-refractivity contribution in [3.05, 3.63) is 54.0 Å². The molecule has 5 rings (SSSR count). The Labute approximate surface area is 184 Å². The molecule has 0 unspecified atom stereocenters. The summed E-state index contributed by atoms with van der Waals surface area (Å²) < 4.78 is 12.4. The van der Waals surface area contributed by atoms with E-state index in [0.29, 0.717) is 32.2 Å². The van der Waals surface area contributed by atoms with Crippen molar-refractivity contribution in [1.29, 1.82) is 0 Å². The number of methoxy groups -OCH3 is 1. The number of aromatic nitrogens is 6. The quantitative estimate of drug-likeness (QED) is 0.488. The Morgan fingerprint density at radius 1 is 1.16 bits per heavy atom. The molecular formula is C22H23N7O3. The van der Waals surface area contributed by atoms with Crippen LogP contribution in [0.1, 0.15) is 11.3 Å². The van der Waals surface area contributed by atoms with Crippen molar-refractivity contribution < 1.29 is 14.6 Å². The van der Waals surface area contributed by atoms with Crippen LogP contribution >= 0.6 is 0 Å². The third kappa shape index (κ3) is 4.23. The molecule has 4 heterocycles. The van der Waals surface area contributed by atoms with Crippen molar-refractivity contribution in [3.63, 3.8) is 0 Å². The van der Waals surface area contributed by atoms with Crippen LogP contribution in [0.3, 0.4) is 0 Å². The maximum atomic E-state index is 9.93. The van der Waals surface area contributed by atoms with Crippen LogP contribution in [0, 0.1) is 0 Å². The minimum Gasteiger partial charge on any atom is -0.508 e. The van der Waals surface area contributed by atoms with Crippen LogP contribution in [-0.4, -0.2) is 68.5 Å². The Kier molecular flexibility index (Phi) is 5.61. The van der Waals surface area contributed by atoms with Crippen molar-refractivity contribution >= 4 is 16.9 Å². The van der Waals surface area contributed by atoms with Crippen LogP contribution in [0.15, 0.2) is 42.7 Å². The van der Waals surface area contributed by atoms with E-state index in [9.17, 15) is 5.11 Å². The number of nitrogens with zero attached hydrogens (tertiary/aromatic N) is 7. The molecule has 0 saturated carbocycles. The Balaban J connectivity index is 1.56. The first-order valence-electron chi connectivity index (χ1n) is 10.4. The molecule has 0 spiro atoms. The number of phenols is 1. The van der Waals surface area contributed by atoms with Gasteiger partial charge in [-0.25, -0.2) is 14.6 Å². The molecule has 1 saturated heterocycles. The third-order valence-electron chi connectivity index (χ3n) is 5.21. The molecule has 164 valence electrons. The van der Waals surface area contributed by atoms with E-state index in [1.807, 2.05) is 24.5 Å². The van der Waals surface area contributed by atoms with Gasteiger partial charge in [0.1, 0.15) is 17.0 Å².